The van der Waals surface area contributed by atoms with Gasteiger partial charge in [-0.3, -0.25) is 4.79 Å². The molecular formula is C18H15FN2O4S2. The number of hydrogen-bond acceptors (Lipinski definition) is 6. The van der Waals surface area contributed by atoms with Crippen molar-refractivity contribution < 1.29 is 22.0 Å². The number of nitrogens with zero attached hydrogens (tertiary/aromatic N) is 2. The number of para-hydroxylation sites is 2. The van der Waals surface area contributed by atoms with Crippen LogP contribution < -0.4 is 0 Å². The van der Waals surface area contributed by atoms with E-state index < -0.39 is 20.9 Å². The number of halogens is 1. The smallest absolute Gasteiger partial charge is 0.257 e. The molecule has 1 aromatic heterocycles. The predicted molar refractivity (Wildman–Crippen MR) is 98.7 cm³/mol. The number of benzene rings is 2. The van der Waals surface area contributed by atoms with E-state index in [0.29, 0.717) is 10.8 Å². The van der Waals surface area contributed by atoms with Crippen LogP contribution in [0.15, 0.2) is 63.1 Å². The minimum absolute atomic E-state index is 0.0712. The van der Waals surface area contributed by atoms with Crippen LogP contribution in [0.25, 0.3) is 11.1 Å². The Morgan fingerprint density at radius 3 is 2.59 bits per heavy atom. The molecule has 0 unspecified atom stereocenters. The number of aromatic nitrogens is 1. The summed E-state index contributed by atoms with van der Waals surface area (Å²) in [6.45, 7) is 0.263. The molecular weight excluding hydrogens is 391 g/mol. The van der Waals surface area contributed by atoms with Gasteiger partial charge in [-0.2, -0.15) is 0 Å². The van der Waals surface area contributed by atoms with Crippen LogP contribution >= 0.6 is 11.8 Å². The van der Waals surface area contributed by atoms with E-state index in [1.54, 1.807) is 6.07 Å². The molecule has 27 heavy (non-hydrogen) atoms. The zero-order valence-corrected chi connectivity index (χ0v) is 15.7. The molecule has 0 bridgehead atoms. The monoisotopic (exact) mass is 406 g/mol. The van der Waals surface area contributed by atoms with Crippen molar-refractivity contribution in [3.63, 3.8) is 0 Å². The Balaban J connectivity index is 1.33. The van der Waals surface area contributed by atoms with Gasteiger partial charge in [0.15, 0.2) is 15.4 Å². The van der Waals surface area contributed by atoms with E-state index in [0.717, 1.165) is 17.6 Å². The van der Waals surface area contributed by atoms with Gasteiger partial charge in [-0.1, -0.05) is 23.9 Å². The molecule has 6 nitrogen and oxygen atoms in total. The van der Waals surface area contributed by atoms with Crippen molar-refractivity contribution in [1.82, 2.24) is 9.88 Å². The lowest BCUT2D eigenvalue weighted by Crippen LogP contribution is -2.57. The van der Waals surface area contributed by atoms with Crippen molar-refractivity contribution >= 4 is 38.6 Å². The highest BCUT2D eigenvalue weighted by atomic mass is 32.2. The lowest BCUT2D eigenvalue weighted by atomic mass is 10.2. The Labute approximate surface area is 159 Å². The van der Waals surface area contributed by atoms with E-state index in [9.17, 15) is 17.6 Å². The van der Waals surface area contributed by atoms with Crippen LogP contribution in [0.1, 0.15) is 0 Å². The minimum atomic E-state index is -3.57. The molecule has 2 heterocycles. The third-order valence-corrected chi connectivity index (χ3v) is 7.29. The first-order chi connectivity index (χ1) is 12.9. The lowest BCUT2D eigenvalue weighted by Gasteiger charge is -2.38. The fraction of sp³-hybridized carbons (Fsp3) is 0.222. The summed E-state index contributed by atoms with van der Waals surface area (Å²) in [5.74, 6) is -0.542. The second-order valence-electron chi connectivity index (χ2n) is 6.16. The SMILES string of the molecule is O=C(CSc1nc2ccccc2o1)N1CC(S(=O)(=O)c2ccc(F)cc2)C1. The van der Waals surface area contributed by atoms with E-state index in [1.807, 2.05) is 18.2 Å². The van der Waals surface area contributed by atoms with Crippen LogP contribution in [0.3, 0.4) is 0 Å². The van der Waals surface area contributed by atoms with E-state index in [-0.39, 0.29) is 29.6 Å². The normalized spacial score (nSPS) is 15.1. The largest absolute Gasteiger partial charge is 0.431 e. The molecule has 0 N–H and O–H groups in total. The van der Waals surface area contributed by atoms with Gasteiger partial charge in [0.2, 0.25) is 5.91 Å². The number of rotatable bonds is 5. The van der Waals surface area contributed by atoms with Crippen molar-refractivity contribution in [2.45, 2.75) is 15.4 Å². The van der Waals surface area contributed by atoms with E-state index in [1.165, 1.54) is 28.8 Å². The summed E-state index contributed by atoms with van der Waals surface area (Å²) in [5, 5.41) is -0.262. The first-order valence-corrected chi connectivity index (χ1v) is 10.7. The number of amides is 1. The Morgan fingerprint density at radius 1 is 1.19 bits per heavy atom. The third-order valence-electron chi connectivity index (χ3n) is 4.38. The molecule has 3 aromatic rings. The number of oxazole rings is 1. The number of likely N-dealkylation sites (tertiary alicyclic amines) is 1. The van der Waals surface area contributed by atoms with Crippen LogP contribution in [0, 0.1) is 5.82 Å². The van der Waals surface area contributed by atoms with Crippen LogP contribution in [0.4, 0.5) is 4.39 Å². The van der Waals surface area contributed by atoms with Crippen LogP contribution in [-0.2, 0) is 14.6 Å². The Morgan fingerprint density at radius 2 is 1.89 bits per heavy atom. The highest BCUT2D eigenvalue weighted by molar-refractivity contribution is 7.99. The van der Waals surface area contributed by atoms with Crippen molar-refractivity contribution in [3.8, 4) is 0 Å². The van der Waals surface area contributed by atoms with Gasteiger partial charge in [-0.05, 0) is 36.4 Å². The molecule has 0 radical (unpaired) electrons. The molecule has 0 aliphatic carbocycles. The quantitative estimate of drug-likeness (QED) is 0.479. The summed E-state index contributed by atoms with van der Waals surface area (Å²) < 4.78 is 43.5. The number of hydrogen-bond donors (Lipinski definition) is 0. The number of fused-ring (bicyclic) bond motifs is 1. The zero-order valence-electron chi connectivity index (χ0n) is 14.0. The van der Waals surface area contributed by atoms with E-state index in [2.05, 4.69) is 4.98 Å². The van der Waals surface area contributed by atoms with E-state index in [4.69, 9.17) is 4.42 Å². The first-order valence-electron chi connectivity index (χ1n) is 8.19. The van der Waals surface area contributed by atoms with Gasteiger partial charge < -0.3 is 9.32 Å². The molecule has 1 fully saturated rings. The van der Waals surface area contributed by atoms with Crippen LogP contribution in [-0.4, -0.2) is 48.3 Å². The molecule has 4 rings (SSSR count). The standard InChI is InChI=1S/C18H15FN2O4S2/c19-12-5-7-13(8-6-12)27(23,24)14-9-21(10-14)17(22)11-26-18-20-15-3-1-2-4-16(15)25-18/h1-8,14H,9-11H2. The molecule has 0 spiro atoms. The molecule has 0 saturated carbocycles. The summed E-state index contributed by atoms with van der Waals surface area (Å²) in [4.78, 5) is 18.1. The van der Waals surface area contributed by atoms with Gasteiger partial charge in [0.25, 0.3) is 5.22 Å². The summed E-state index contributed by atoms with van der Waals surface area (Å²) in [6, 6.07) is 12.0. The first kappa shape index (κ1) is 18.0. The molecule has 2 aromatic carbocycles. The van der Waals surface area contributed by atoms with Gasteiger partial charge in [-0.25, -0.2) is 17.8 Å². The van der Waals surface area contributed by atoms with E-state index >= 15 is 0 Å². The molecule has 1 aliphatic heterocycles. The number of carbonyl (C=O) groups is 1. The maximum absolute atomic E-state index is 13.0. The maximum Gasteiger partial charge on any atom is 0.257 e. The third kappa shape index (κ3) is 3.57. The summed E-state index contributed by atoms with van der Waals surface area (Å²) in [7, 11) is -3.57. The lowest BCUT2D eigenvalue weighted by molar-refractivity contribution is -0.131. The summed E-state index contributed by atoms with van der Waals surface area (Å²) >= 11 is 1.18. The van der Waals surface area contributed by atoms with Gasteiger partial charge in [0.05, 0.1) is 10.6 Å². The van der Waals surface area contributed by atoms with Crippen molar-refractivity contribution in [2.75, 3.05) is 18.8 Å². The Bertz CT molecular complexity index is 1060. The maximum atomic E-state index is 13.0. The van der Waals surface area contributed by atoms with Gasteiger partial charge >= 0.3 is 0 Å². The average molecular weight is 406 g/mol. The molecule has 0 atom stereocenters. The molecule has 1 aliphatic rings. The molecule has 140 valence electrons. The second kappa shape index (κ2) is 6.97. The molecule has 9 heteroatoms. The van der Waals surface area contributed by atoms with Crippen molar-refractivity contribution in [2.24, 2.45) is 0 Å². The minimum Gasteiger partial charge on any atom is -0.431 e. The van der Waals surface area contributed by atoms with Crippen molar-refractivity contribution in [1.29, 1.82) is 0 Å². The van der Waals surface area contributed by atoms with Gasteiger partial charge in [0, 0.05) is 13.1 Å². The van der Waals surface area contributed by atoms with Crippen molar-refractivity contribution in [3.05, 3.63) is 54.3 Å². The van der Waals surface area contributed by atoms with Gasteiger partial charge in [-0.15, -0.1) is 0 Å². The average Bonchev–Trinajstić information content (AvgIpc) is 3.02. The number of carbonyl (C=O) groups excluding carboxylic acids is 1. The highest BCUT2D eigenvalue weighted by Gasteiger charge is 2.40. The highest BCUT2D eigenvalue weighted by Crippen LogP contribution is 2.27. The molecule has 1 saturated heterocycles. The van der Waals surface area contributed by atoms with Crippen LogP contribution in [0.2, 0.25) is 0 Å². The number of thioether (sulfide) groups is 1. The number of sulfone groups is 1. The van der Waals surface area contributed by atoms with Gasteiger partial charge in [0.1, 0.15) is 16.6 Å². The topological polar surface area (TPSA) is 80.5 Å². The second-order valence-corrected chi connectivity index (χ2v) is 9.31. The van der Waals surface area contributed by atoms with Crippen LogP contribution in [0.5, 0.6) is 0 Å². The Hall–Kier alpha value is -2.39. The fourth-order valence-corrected chi connectivity index (χ4v) is 5.18. The fourth-order valence-electron chi connectivity index (χ4n) is 2.78. The summed E-state index contributed by atoms with van der Waals surface area (Å²) in [6.07, 6.45) is 0. The Kier molecular flexibility index (Phi) is 4.65. The predicted octanol–water partition coefficient (Wildman–Crippen LogP) is 2.74. The zero-order chi connectivity index (χ0) is 19.0. The molecule has 1 amide bonds. The summed E-state index contributed by atoms with van der Waals surface area (Å²) in [5.41, 5.74) is 1.38.